The highest BCUT2D eigenvalue weighted by Gasteiger charge is 2.16. The zero-order chi connectivity index (χ0) is 12.7. The number of anilines is 1. The quantitative estimate of drug-likeness (QED) is 0.348. The third-order valence-corrected chi connectivity index (χ3v) is 2.08. The summed E-state index contributed by atoms with van der Waals surface area (Å²) in [6.07, 6.45) is 1.81. The SMILES string of the molecule is CCOCCCNc1nc(Cl)ncc1[N+](=O)[O-]. The van der Waals surface area contributed by atoms with Crippen LogP contribution in [-0.4, -0.2) is 34.6 Å². The molecule has 1 heterocycles. The summed E-state index contributed by atoms with van der Waals surface area (Å²) in [5, 5.41) is 13.5. The maximum absolute atomic E-state index is 10.7. The largest absolute Gasteiger partial charge is 0.382 e. The van der Waals surface area contributed by atoms with Gasteiger partial charge in [-0.2, -0.15) is 4.98 Å². The highest BCUT2D eigenvalue weighted by molar-refractivity contribution is 6.28. The van der Waals surface area contributed by atoms with Crippen LogP contribution in [0.3, 0.4) is 0 Å². The number of nitrogens with zero attached hydrogens (tertiary/aromatic N) is 3. The van der Waals surface area contributed by atoms with Gasteiger partial charge in [-0.05, 0) is 24.9 Å². The van der Waals surface area contributed by atoms with E-state index in [-0.39, 0.29) is 16.8 Å². The number of ether oxygens (including phenoxy) is 1. The first kappa shape index (κ1) is 13.6. The number of nitro groups is 1. The molecule has 1 aromatic rings. The van der Waals surface area contributed by atoms with Gasteiger partial charge in [-0.15, -0.1) is 0 Å². The highest BCUT2D eigenvalue weighted by Crippen LogP contribution is 2.21. The van der Waals surface area contributed by atoms with Crippen LogP contribution >= 0.6 is 11.6 Å². The van der Waals surface area contributed by atoms with Gasteiger partial charge in [0, 0.05) is 19.8 Å². The van der Waals surface area contributed by atoms with Crippen molar-refractivity contribution in [3.63, 3.8) is 0 Å². The molecule has 17 heavy (non-hydrogen) atoms. The number of aromatic nitrogens is 2. The second kappa shape index (κ2) is 6.97. The molecule has 1 rings (SSSR count). The van der Waals surface area contributed by atoms with Crippen LogP contribution < -0.4 is 5.32 Å². The lowest BCUT2D eigenvalue weighted by Gasteiger charge is -2.05. The van der Waals surface area contributed by atoms with Crippen LogP contribution in [0.1, 0.15) is 13.3 Å². The molecule has 0 aliphatic carbocycles. The molecule has 0 saturated heterocycles. The molecule has 0 bridgehead atoms. The molecule has 0 radical (unpaired) electrons. The second-order valence-electron chi connectivity index (χ2n) is 3.11. The maximum atomic E-state index is 10.7. The van der Waals surface area contributed by atoms with Gasteiger partial charge in [0.05, 0.1) is 4.92 Å². The van der Waals surface area contributed by atoms with Gasteiger partial charge in [0.25, 0.3) is 0 Å². The van der Waals surface area contributed by atoms with Gasteiger partial charge in [0.2, 0.25) is 11.1 Å². The Morgan fingerprint density at radius 1 is 1.65 bits per heavy atom. The van der Waals surface area contributed by atoms with E-state index in [0.29, 0.717) is 19.8 Å². The third kappa shape index (κ3) is 4.49. The first-order valence-electron chi connectivity index (χ1n) is 5.13. The second-order valence-corrected chi connectivity index (χ2v) is 3.45. The van der Waals surface area contributed by atoms with Crippen molar-refractivity contribution in [1.82, 2.24) is 9.97 Å². The average Bonchev–Trinajstić information content (AvgIpc) is 2.28. The number of hydrogen-bond donors (Lipinski definition) is 1. The summed E-state index contributed by atoms with van der Waals surface area (Å²) in [4.78, 5) is 17.5. The van der Waals surface area contributed by atoms with Gasteiger partial charge in [-0.1, -0.05) is 0 Å². The lowest BCUT2D eigenvalue weighted by molar-refractivity contribution is -0.384. The standard InChI is InChI=1S/C9H13ClN4O3/c1-2-17-5-3-4-11-8-7(14(15)16)6-12-9(10)13-8/h6H,2-5H2,1H3,(H,11,12,13). The fraction of sp³-hybridized carbons (Fsp3) is 0.556. The highest BCUT2D eigenvalue weighted by atomic mass is 35.5. The van der Waals surface area contributed by atoms with E-state index in [4.69, 9.17) is 16.3 Å². The van der Waals surface area contributed by atoms with Crippen molar-refractivity contribution in [3.8, 4) is 0 Å². The monoisotopic (exact) mass is 260 g/mol. The van der Waals surface area contributed by atoms with Crippen LogP contribution in [0.5, 0.6) is 0 Å². The summed E-state index contributed by atoms with van der Waals surface area (Å²) in [7, 11) is 0. The van der Waals surface area contributed by atoms with E-state index in [1.165, 1.54) is 0 Å². The Kier molecular flexibility index (Phi) is 5.58. The lowest BCUT2D eigenvalue weighted by Crippen LogP contribution is -2.09. The molecular weight excluding hydrogens is 248 g/mol. The molecule has 7 nitrogen and oxygen atoms in total. The van der Waals surface area contributed by atoms with Crippen molar-refractivity contribution in [2.24, 2.45) is 0 Å². The molecule has 0 saturated carbocycles. The molecule has 0 atom stereocenters. The molecule has 0 amide bonds. The van der Waals surface area contributed by atoms with Crippen LogP contribution in [0.4, 0.5) is 11.5 Å². The van der Waals surface area contributed by atoms with Crippen molar-refractivity contribution in [2.75, 3.05) is 25.1 Å². The topological polar surface area (TPSA) is 90.2 Å². The summed E-state index contributed by atoms with van der Waals surface area (Å²) < 4.78 is 5.14. The zero-order valence-electron chi connectivity index (χ0n) is 9.35. The van der Waals surface area contributed by atoms with Crippen molar-refractivity contribution in [3.05, 3.63) is 21.6 Å². The van der Waals surface area contributed by atoms with Crippen LogP contribution in [-0.2, 0) is 4.74 Å². The number of rotatable bonds is 7. The maximum Gasteiger partial charge on any atom is 0.329 e. The summed E-state index contributed by atoms with van der Waals surface area (Å²) in [6.45, 7) is 3.67. The number of nitrogens with one attached hydrogen (secondary N) is 1. The molecule has 1 aromatic heterocycles. The summed E-state index contributed by atoms with van der Waals surface area (Å²) >= 11 is 5.57. The normalized spacial score (nSPS) is 10.2. The van der Waals surface area contributed by atoms with Gasteiger partial charge in [0.15, 0.2) is 0 Å². The Bertz CT molecular complexity index is 389. The summed E-state index contributed by atoms with van der Waals surface area (Å²) in [6, 6.07) is 0. The molecule has 0 aromatic carbocycles. The molecule has 0 spiro atoms. The lowest BCUT2D eigenvalue weighted by atomic mass is 10.4. The smallest absolute Gasteiger partial charge is 0.329 e. The Morgan fingerprint density at radius 2 is 2.41 bits per heavy atom. The molecule has 0 unspecified atom stereocenters. The van der Waals surface area contributed by atoms with E-state index in [0.717, 1.165) is 12.6 Å². The fourth-order valence-corrected chi connectivity index (χ4v) is 1.28. The van der Waals surface area contributed by atoms with Crippen molar-refractivity contribution in [2.45, 2.75) is 13.3 Å². The minimum Gasteiger partial charge on any atom is -0.382 e. The molecule has 1 N–H and O–H groups in total. The van der Waals surface area contributed by atoms with E-state index in [9.17, 15) is 10.1 Å². The van der Waals surface area contributed by atoms with E-state index >= 15 is 0 Å². The van der Waals surface area contributed by atoms with Gasteiger partial charge in [-0.25, -0.2) is 4.98 Å². The number of halogens is 1. The first-order valence-corrected chi connectivity index (χ1v) is 5.51. The number of hydrogen-bond acceptors (Lipinski definition) is 6. The Labute approximate surface area is 103 Å². The average molecular weight is 261 g/mol. The van der Waals surface area contributed by atoms with E-state index in [2.05, 4.69) is 15.3 Å². The van der Waals surface area contributed by atoms with Crippen LogP contribution in [0.25, 0.3) is 0 Å². The fourth-order valence-electron chi connectivity index (χ4n) is 1.14. The van der Waals surface area contributed by atoms with Crippen molar-refractivity contribution >= 4 is 23.1 Å². The van der Waals surface area contributed by atoms with E-state index in [1.54, 1.807) is 0 Å². The van der Waals surface area contributed by atoms with Gasteiger partial charge >= 0.3 is 5.69 Å². The molecular formula is C9H13ClN4O3. The summed E-state index contributed by atoms with van der Waals surface area (Å²) in [5.41, 5.74) is -0.189. The van der Waals surface area contributed by atoms with E-state index in [1.807, 2.05) is 6.92 Å². The van der Waals surface area contributed by atoms with Crippen molar-refractivity contribution < 1.29 is 9.66 Å². The van der Waals surface area contributed by atoms with Crippen molar-refractivity contribution in [1.29, 1.82) is 0 Å². The summed E-state index contributed by atoms with van der Waals surface area (Å²) in [5.74, 6) is 0.131. The third-order valence-electron chi connectivity index (χ3n) is 1.90. The van der Waals surface area contributed by atoms with E-state index < -0.39 is 4.92 Å². The molecule has 0 aliphatic rings. The predicted molar refractivity (Wildman–Crippen MR) is 63.3 cm³/mol. The molecule has 0 fully saturated rings. The Morgan fingerprint density at radius 3 is 3.06 bits per heavy atom. The Balaban J connectivity index is 2.56. The van der Waals surface area contributed by atoms with Crippen LogP contribution in [0.2, 0.25) is 5.28 Å². The first-order chi connectivity index (χ1) is 8.15. The zero-order valence-corrected chi connectivity index (χ0v) is 10.1. The minimum atomic E-state index is -0.554. The van der Waals surface area contributed by atoms with Gasteiger partial charge in [-0.3, -0.25) is 10.1 Å². The van der Waals surface area contributed by atoms with Gasteiger partial charge < -0.3 is 10.1 Å². The molecule has 94 valence electrons. The molecule has 0 aliphatic heterocycles. The Hall–Kier alpha value is -1.47. The minimum absolute atomic E-state index is 0.0251. The molecule has 8 heteroatoms. The predicted octanol–water partition coefficient (Wildman–Crippen LogP) is 1.88. The van der Waals surface area contributed by atoms with Crippen LogP contribution in [0.15, 0.2) is 6.20 Å². The van der Waals surface area contributed by atoms with Gasteiger partial charge in [0.1, 0.15) is 6.20 Å². The van der Waals surface area contributed by atoms with Crippen LogP contribution in [0, 0.1) is 10.1 Å².